The van der Waals surface area contributed by atoms with Crippen molar-refractivity contribution in [1.82, 2.24) is 15.3 Å². The molecule has 1 aromatic heterocycles. The van der Waals surface area contributed by atoms with Gasteiger partial charge in [0, 0.05) is 14.5 Å². The van der Waals surface area contributed by atoms with Crippen molar-refractivity contribution >= 4 is 55.6 Å². The van der Waals surface area contributed by atoms with Crippen LogP contribution in [0.1, 0.15) is 38.2 Å². The van der Waals surface area contributed by atoms with E-state index < -0.39 is 11.7 Å². The van der Waals surface area contributed by atoms with Gasteiger partial charge in [0.25, 0.3) is 0 Å². The SMILES string of the molecule is CC(C)(C)OC(=O)N[C@@H](Cc1ccc(I)c(Br)c1)c1nc2ccccc2[nH]1. The number of aromatic nitrogens is 2. The van der Waals surface area contributed by atoms with Crippen molar-refractivity contribution in [1.29, 1.82) is 0 Å². The van der Waals surface area contributed by atoms with Gasteiger partial charge < -0.3 is 15.0 Å². The van der Waals surface area contributed by atoms with Gasteiger partial charge >= 0.3 is 6.09 Å². The molecule has 0 aliphatic rings. The molecule has 0 bridgehead atoms. The van der Waals surface area contributed by atoms with Gasteiger partial charge in [0.1, 0.15) is 11.4 Å². The zero-order chi connectivity index (χ0) is 19.6. The fourth-order valence-electron chi connectivity index (χ4n) is 2.71. The topological polar surface area (TPSA) is 67.0 Å². The Kier molecular flexibility index (Phi) is 6.10. The van der Waals surface area contributed by atoms with E-state index in [0.29, 0.717) is 12.2 Å². The molecule has 0 spiro atoms. The van der Waals surface area contributed by atoms with E-state index in [4.69, 9.17) is 4.74 Å². The van der Waals surface area contributed by atoms with Crippen LogP contribution in [-0.2, 0) is 11.2 Å². The van der Waals surface area contributed by atoms with Crippen LogP contribution in [0.25, 0.3) is 11.0 Å². The largest absolute Gasteiger partial charge is 0.444 e. The molecule has 0 saturated heterocycles. The molecule has 3 rings (SSSR count). The molecule has 0 saturated carbocycles. The summed E-state index contributed by atoms with van der Waals surface area (Å²) >= 11 is 5.84. The molecule has 142 valence electrons. The maximum Gasteiger partial charge on any atom is 0.408 e. The molecule has 0 aliphatic carbocycles. The van der Waals surface area contributed by atoms with Crippen LogP contribution in [0.5, 0.6) is 0 Å². The summed E-state index contributed by atoms with van der Waals surface area (Å²) in [6, 6.07) is 13.6. The third kappa shape index (κ3) is 5.44. The second kappa shape index (κ2) is 8.18. The van der Waals surface area contributed by atoms with Crippen molar-refractivity contribution in [3.63, 3.8) is 0 Å². The molecule has 1 heterocycles. The first-order valence-electron chi connectivity index (χ1n) is 8.59. The van der Waals surface area contributed by atoms with E-state index in [1.807, 2.05) is 51.1 Å². The number of benzene rings is 2. The van der Waals surface area contributed by atoms with Crippen LogP contribution in [0, 0.1) is 3.57 Å². The van der Waals surface area contributed by atoms with E-state index in [-0.39, 0.29) is 6.04 Å². The van der Waals surface area contributed by atoms with Crippen LogP contribution in [-0.4, -0.2) is 21.7 Å². The number of fused-ring (bicyclic) bond motifs is 1. The normalized spacial score (nSPS) is 12.8. The van der Waals surface area contributed by atoms with Crippen LogP contribution in [0.3, 0.4) is 0 Å². The molecule has 3 aromatic rings. The lowest BCUT2D eigenvalue weighted by Crippen LogP contribution is -2.36. The molecule has 0 aliphatic heterocycles. The van der Waals surface area contributed by atoms with Crippen LogP contribution in [0.15, 0.2) is 46.9 Å². The number of rotatable bonds is 4. The summed E-state index contributed by atoms with van der Waals surface area (Å²) in [4.78, 5) is 20.4. The number of halogens is 2. The fraction of sp³-hybridized carbons (Fsp3) is 0.300. The van der Waals surface area contributed by atoms with Gasteiger partial charge in [0.15, 0.2) is 0 Å². The molecule has 1 atom stereocenters. The maximum atomic E-state index is 12.4. The van der Waals surface area contributed by atoms with Crippen molar-refractivity contribution in [2.45, 2.75) is 38.8 Å². The highest BCUT2D eigenvalue weighted by Gasteiger charge is 2.23. The van der Waals surface area contributed by atoms with Crippen LogP contribution in [0.4, 0.5) is 4.79 Å². The lowest BCUT2D eigenvalue weighted by molar-refractivity contribution is 0.0501. The van der Waals surface area contributed by atoms with E-state index >= 15 is 0 Å². The van der Waals surface area contributed by atoms with Gasteiger partial charge in [0.2, 0.25) is 0 Å². The lowest BCUT2D eigenvalue weighted by atomic mass is 10.1. The number of H-pyrrole nitrogens is 1. The number of nitrogens with one attached hydrogen (secondary N) is 2. The van der Waals surface area contributed by atoms with E-state index in [1.54, 1.807) is 0 Å². The number of carbonyl (C=O) groups excluding carboxylic acids is 1. The second-order valence-electron chi connectivity index (χ2n) is 7.29. The van der Waals surface area contributed by atoms with Gasteiger partial charge in [-0.25, -0.2) is 9.78 Å². The first-order chi connectivity index (χ1) is 12.7. The monoisotopic (exact) mass is 541 g/mol. The number of aromatic amines is 1. The third-order valence-corrected chi connectivity index (χ3v) is 6.19. The highest BCUT2D eigenvalue weighted by Crippen LogP contribution is 2.25. The minimum absolute atomic E-state index is 0.334. The quantitative estimate of drug-likeness (QED) is 0.414. The number of para-hydroxylation sites is 2. The summed E-state index contributed by atoms with van der Waals surface area (Å²) in [5.74, 6) is 0.705. The standard InChI is InChI=1S/C20H21BrIN3O2/c1-20(2,3)27-19(26)25-17(11-12-8-9-14(22)13(21)10-12)18-23-15-6-4-5-7-16(15)24-18/h4-10,17H,11H2,1-3H3,(H,23,24)(H,25,26)/t17-/m0/s1. The summed E-state index contributed by atoms with van der Waals surface area (Å²) in [6.07, 6.45) is 0.131. The number of alkyl carbamates (subject to hydrolysis) is 1. The molecule has 2 aromatic carbocycles. The third-order valence-electron chi connectivity index (χ3n) is 3.85. The number of hydrogen-bond donors (Lipinski definition) is 2. The molecular weight excluding hydrogens is 521 g/mol. The molecule has 2 N–H and O–H groups in total. The minimum atomic E-state index is -0.561. The molecule has 0 radical (unpaired) electrons. The van der Waals surface area contributed by atoms with E-state index in [9.17, 15) is 4.79 Å². The average Bonchev–Trinajstić information content (AvgIpc) is 3.00. The van der Waals surface area contributed by atoms with Gasteiger partial charge in [0.05, 0.1) is 17.1 Å². The highest BCUT2D eigenvalue weighted by molar-refractivity contribution is 14.1. The van der Waals surface area contributed by atoms with Gasteiger partial charge in [-0.2, -0.15) is 0 Å². The summed E-state index contributed by atoms with van der Waals surface area (Å²) in [6.45, 7) is 5.54. The Balaban J connectivity index is 1.89. The molecule has 27 heavy (non-hydrogen) atoms. The number of nitrogens with zero attached hydrogens (tertiary/aromatic N) is 1. The van der Waals surface area contributed by atoms with E-state index in [0.717, 1.165) is 24.6 Å². The Morgan fingerprint density at radius 1 is 1.30 bits per heavy atom. The Bertz CT molecular complexity index is 932. The first-order valence-corrected chi connectivity index (χ1v) is 10.5. The Hall–Kier alpha value is -1.61. The fourth-order valence-corrected chi connectivity index (χ4v) is 3.47. The van der Waals surface area contributed by atoms with Crippen molar-refractivity contribution < 1.29 is 9.53 Å². The average molecular weight is 542 g/mol. The maximum absolute atomic E-state index is 12.4. The number of amides is 1. The number of imidazole rings is 1. The zero-order valence-electron chi connectivity index (χ0n) is 15.3. The Morgan fingerprint density at radius 2 is 2.04 bits per heavy atom. The van der Waals surface area contributed by atoms with Gasteiger partial charge in [-0.3, -0.25) is 0 Å². The zero-order valence-corrected chi connectivity index (χ0v) is 19.1. The molecule has 5 nitrogen and oxygen atoms in total. The lowest BCUT2D eigenvalue weighted by Gasteiger charge is -2.23. The van der Waals surface area contributed by atoms with Crippen LogP contribution in [0.2, 0.25) is 0 Å². The van der Waals surface area contributed by atoms with Crippen LogP contribution < -0.4 is 5.32 Å². The second-order valence-corrected chi connectivity index (χ2v) is 9.31. The summed E-state index contributed by atoms with van der Waals surface area (Å²) in [7, 11) is 0. The first kappa shape index (κ1) is 20.1. The smallest absolute Gasteiger partial charge is 0.408 e. The Morgan fingerprint density at radius 3 is 2.70 bits per heavy atom. The van der Waals surface area contributed by atoms with Crippen molar-refractivity contribution in [3.8, 4) is 0 Å². The van der Waals surface area contributed by atoms with Gasteiger partial charge in [-0.05, 0) is 89.1 Å². The molecule has 0 fully saturated rings. The van der Waals surface area contributed by atoms with Gasteiger partial charge in [-0.1, -0.05) is 18.2 Å². The summed E-state index contributed by atoms with van der Waals surface area (Å²) in [5, 5.41) is 2.96. The van der Waals surface area contributed by atoms with Crippen molar-refractivity contribution in [3.05, 3.63) is 61.9 Å². The van der Waals surface area contributed by atoms with Crippen molar-refractivity contribution in [2.24, 2.45) is 0 Å². The summed E-state index contributed by atoms with van der Waals surface area (Å²) < 4.78 is 7.61. The highest BCUT2D eigenvalue weighted by atomic mass is 127. The molecule has 1 amide bonds. The predicted octanol–water partition coefficient (Wildman–Crippen LogP) is 5.74. The molecular formula is C20H21BrIN3O2. The van der Waals surface area contributed by atoms with Crippen LogP contribution >= 0.6 is 38.5 Å². The van der Waals surface area contributed by atoms with Gasteiger partial charge in [-0.15, -0.1) is 0 Å². The summed E-state index contributed by atoms with van der Waals surface area (Å²) in [5.41, 5.74) is 2.33. The number of ether oxygens (including phenoxy) is 1. The van der Waals surface area contributed by atoms with E-state index in [2.05, 4.69) is 65.9 Å². The van der Waals surface area contributed by atoms with Crippen molar-refractivity contribution in [2.75, 3.05) is 0 Å². The predicted molar refractivity (Wildman–Crippen MR) is 119 cm³/mol. The number of carbonyl (C=O) groups is 1. The molecule has 0 unspecified atom stereocenters. The van der Waals surface area contributed by atoms with E-state index in [1.165, 1.54) is 0 Å². The number of hydrogen-bond acceptors (Lipinski definition) is 3. The Labute approximate surface area is 180 Å². The molecule has 7 heteroatoms. The minimum Gasteiger partial charge on any atom is -0.444 e.